The number of anilines is 1. The van der Waals surface area contributed by atoms with Crippen LogP contribution in [0.15, 0.2) is 47.7 Å². The molecule has 0 unspecified atom stereocenters. The molecule has 0 amide bonds. The van der Waals surface area contributed by atoms with Crippen molar-refractivity contribution >= 4 is 11.8 Å². The largest absolute Gasteiger partial charge is 0.331 e. The molecule has 0 aliphatic carbocycles. The van der Waals surface area contributed by atoms with Gasteiger partial charge in [0.15, 0.2) is 0 Å². The average molecular weight is 212 g/mol. The molecule has 0 atom stereocenters. The molecule has 0 bridgehead atoms. The lowest BCUT2D eigenvalue weighted by Gasteiger charge is -2.16. The molecular formula is C12H12N4. The Bertz CT molecular complexity index is 487. The van der Waals surface area contributed by atoms with Gasteiger partial charge in [-0.2, -0.15) is 0 Å². The number of rotatable bonds is 2. The Kier molecular flexibility index (Phi) is 2.18. The average Bonchev–Trinajstić information content (AvgIpc) is 3.01. The Morgan fingerprint density at radius 1 is 1.19 bits per heavy atom. The van der Waals surface area contributed by atoms with Crippen molar-refractivity contribution in [3.63, 3.8) is 0 Å². The van der Waals surface area contributed by atoms with E-state index in [1.165, 1.54) is 0 Å². The topological polar surface area (TPSA) is 44.3 Å². The zero-order valence-electron chi connectivity index (χ0n) is 8.80. The van der Waals surface area contributed by atoms with Crippen LogP contribution in [0.2, 0.25) is 0 Å². The van der Waals surface area contributed by atoms with Crippen molar-refractivity contribution in [3.8, 4) is 0 Å². The lowest BCUT2D eigenvalue weighted by atomic mass is 10.2. The number of hydrogen-bond donors (Lipinski definition) is 1. The molecule has 2 heterocycles. The molecule has 1 aromatic carbocycles. The van der Waals surface area contributed by atoms with Crippen molar-refractivity contribution in [3.05, 3.63) is 48.3 Å². The highest BCUT2D eigenvalue weighted by molar-refractivity contribution is 6.10. The van der Waals surface area contributed by atoms with E-state index < -0.39 is 0 Å². The van der Waals surface area contributed by atoms with Gasteiger partial charge in [0.2, 0.25) is 5.95 Å². The third-order valence-corrected chi connectivity index (χ3v) is 2.61. The van der Waals surface area contributed by atoms with Gasteiger partial charge in [-0.1, -0.05) is 30.3 Å². The number of benzene rings is 1. The van der Waals surface area contributed by atoms with E-state index in [4.69, 9.17) is 0 Å². The van der Waals surface area contributed by atoms with Crippen LogP contribution in [0.5, 0.6) is 0 Å². The zero-order valence-corrected chi connectivity index (χ0v) is 8.80. The molecule has 4 nitrogen and oxygen atoms in total. The monoisotopic (exact) mass is 212 g/mol. The van der Waals surface area contributed by atoms with Crippen LogP contribution in [0, 0.1) is 0 Å². The van der Waals surface area contributed by atoms with E-state index in [0.717, 1.165) is 30.4 Å². The molecule has 2 aromatic rings. The number of hydrogen-bond acceptors (Lipinski definition) is 3. The Morgan fingerprint density at radius 2 is 2.06 bits per heavy atom. The maximum absolute atomic E-state index is 4.53. The van der Waals surface area contributed by atoms with Crippen molar-refractivity contribution in [2.45, 2.75) is 0 Å². The Morgan fingerprint density at radius 3 is 2.81 bits per heavy atom. The summed E-state index contributed by atoms with van der Waals surface area (Å²) in [5.41, 5.74) is 1.14. The van der Waals surface area contributed by atoms with E-state index in [1.807, 2.05) is 24.4 Å². The number of H-pyrrole nitrogens is 1. The standard InChI is InChI=1S/C12H12N4/c1-2-4-10(5-3-1)11-13-8-9-16(11)12-14-6-7-15-12/h1-7H,8-9H2,(H,14,15). The number of nitrogens with one attached hydrogen (secondary N) is 1. The molecule has 0 saturated carbocycles. The minimum absolute atomic E-state index is 0.824. The third-order valence-electron chi connectivity index (χ3n) is 2.61. The number of aromatic nitrogens is 2. The second-order valence-corrected chi connectivity index (χ2v) is 3.64. The lowest BCUT2D eigenvalue weighted by molar-refractivity contribution is 0.984. The first-order valence-electron chi connectivity index (χ1n) is 5.32. The summed E-state index contributed by atoms with van der Waals surface area (Å²) in [5.74, 6) is 1.86. The summed E-state index contributed by atoms with van der Waals surface area (Å²) in [5, 5.41) is 0. The van der Waals surface area contributed by atoms with E-state index >= 15 is 0 Å². The van der Waals surface area contributed by atoms with Crippen LogP contribution < -0.4 is 4.90 Å². The van der Waals surface area contributed by atoms with Gasteiger partial charge in [-0.05, 0) is 0 Å². The number of imidazole rings is 1. The first-order chi connectivity index (χ1) is 7.95. The summed E-state index contributed by atoms with van der Waals surface area (Å²) in [6.07, 6.45) is 3.59. The molecule has 0 saturated heterocycles. The SMILES string of the molecule is c1ccc(C2=NCCN2c2ncc[nH]2)cc1. The molecule has 3 rings (SSSR count). The second kappa shape index (κ2) is 3.81. The highest BCUT2D eigenvalue weighted by atomic mass is 15.3. The summed E-state index contributed by atoms with van der Waals surface area (Å²) in [6, 6.07) is 10.2. The summed E-state index contributed by atoms with van der Waals surface area (Å²) in [4.78, 5) is 14.0. The van der Waals surface area contributed by atoms with Crippen molar-refractivity contribution in [1.82, 2.24) is 9.97 Å². The van der Waals surface area contributed by atoms with Crippen molar-refractivity contribution in [2.24, 2.45) is 4.99 Å². The number of nitrogens with zero attached hydrogens (tertiary/aromatic N) is 3. The zero-order chi connectivity index (χ0) is 10.8. The quantitative estimate of drug-likeness (QED) is 0.823. The molecule has 4 heteroatoms. The molecule has 1 aliphatic heterocycles. The number of amidine groups is 1. The van der Waals surface area contributed by atoms with E-state index in [0.29, 0.717) is 0 Å². The van der Waals surface area contributed by atoms with Crippen molar-refractivity contribution in [1.29, 1.82) is 0 Å². The van der Waals surface area contributed by atoms with Crippen molar-refractivity contribution in [2.75, 3.05) is 18.0 Å². The van der Waals surface area contributed by atoms with Crippen LogP contribution >= 0.6 is 0 Å². The molecule has 0 radical (unpaired) electrons. The van der Waals surface area contributed by atoms with E-state index in [1.54, 1.807) is 6.20 Å². The van der Waals surface area contributed by atoms with Crippen LogP contribution in [-0.2, 0) is 0 Å². The molecule has 0 spiro atoms. The predicted molar refractivity (Wildman–Crippen MR) is 63.8 cm³/mol. The summed E-state index contributed by atoms with van der Waals surface area (Å²) in [6.45, 7) is 1.71. The van der Waals surface area contributed by atoms with Gasteiger partial charge in [0.1, 0.15) is 5.84 Å². The van der Waals surface area contributed by atoms with Gasteiger partial charge < -0.3 is 4.98 Å². The fourth-order valence-electron chi connectivity index (χ4n) is 1.89. The third kappa shape index (κ3) is 1.48. The van der Waals surface area contributed by atoms with Crippen molar-refractivity contribution < 1.29 is 0 Å². The first-order valence-corrected chi connectivity index (χ1v) is 5.32. The van der Waals surface area contributed by atoms with Gasteiger partial charge in [-0.3, -0.25) is 9.89 Å². The molecule has 16 heavy (non-hydrogen) atoms. The van der Waals surface area contributed by atoms with Gasteiger partial charge in [0.05, 0.1) is 6.54 Å². The lowest BCUT2D eigenvalue weighted by Crippen LogP contribution is -2.29. The smallest absolute Gasteiger partial charge is 0.208 e. The van der Waals surface area contributed by atoms with Gasteiger partial charge in [-0.25, -0.2) is 4.98 Å². The minimum atomic E-state index is 0.824. The predicted octanol–water partition coefficient (Wildman–Crippen LogP) is 1.68. The first kappa shape index (κ1) is 9.15. The number of aromatic amines is 1. The van der Waals surface area contributed by atoms with Crippen LogP contribution in [0.25, 0.3) is 0 Å². The van der Waals surface area contributed by atoms with Crippen LogP contribution in [0.3, 0.4) is 0 Å². The Hall–Kier alpha value is -2.10. The second-order valence-electron chi connectivity index (χ2n) is 3.64. The van der Waals surface area contributed by atoms with Crippen LogP contribution in [0.1, 0.15) is 5.56 Å². The van der Waals surface area contributed by atoms with E-state index in [-0.39, 0.29) is 0 Å². The van der Waals surface area contributed by atoms with E-state index in [9.17, 15) is 0 Å². The molecule has 1 aromatic heterocycles. The van der Waals surface area contributed by atoms with Gasteiger partial charge >= 0.3 is 0 Å². The fraction of sp³-hybridized carbons (Fsp3) is 0.167. The molecule has 0 fully saturated rings. The Labute approximate surface area is 93.7 Å². The van der Waals surface area contributed by atoms with Gasteiger partial charge in [-0.15, -0.1) is 0 Å². The highest BCUT2D eigenvalue weighted by Crippen LogP contribution is 2.16. The molecule has 1 N–H and O–H groups in total. The fourth-order valence-corrected chi connectivity index (χ4v) is 1.89. The minimum Gasteiger partial charge on any atom is -0.331 e. The maximum Gasteiger partial charge on any atom is 0.208 e. The highest BCUT2D eigenvalue weighted by Gasteiger charge is 2.21. The normalized spacial score (nSPS) is 15.2. The maximum atomic E-state index is 4.53. The van der Waals surface area contributed by atoms with E-state index in [2.05, 4.69) is 32.0 Å². The van der Waals surface area contributed by atoms with Crippen LogP contribution in [-0.4, -0.2) is 28.9 Å². The van der Waals surface area contributed by atoms with Crippen LogP contribution in [0.4, 0.5) is 5.95 Å². The van der Waals surface area contributed by atoms with Gasteiger partial charge in [0.25, 0.3) is 0 Å². The Balaban J connectivity index is 1.96. The summed E-state index contributed by atoms with van der Waals surface area (Å²) >= 11 is 0. The molecule has 1 aliphatic rings. The summed E-state index contributed by atoms with van der Waals surface area (Å²) < 4.78 is 0. The summed E-state index contributed by atoms with van der Waals surface area (Å²) in [7, 11) is 0. The molecular weight excluding hydrogens is 200 g/mol. The number of aliphatic imine (C=N–C) groups is 1. The van der Waals surface area contributed by atoms with Gasteiger partial charge in [0, 0.05) is 24.5 Å². The molecule has 80 valence electrons.